The Morgan fingerprint density at radius 1 is 1.10 bits per heavy atom. The molecule has 1 atom stereocenters. The predicted octanol–water partition coefficient (Wildman–Crippen LogP) is 1.20. The van der Waals surface area contributed by atoms with Gasteiger partial charge in [-0.3, -0.25) is 4.79 Å². The van der Waals surface area contributed by atoms with Crippen LogP contribution in [-0.4, -0.2) is 36.6 Å². The Labute approximate surface area is 119 Å². The molecule has 1 N–H and O–H groups in total. The highest BCUT2D eigenvalue weighted by Crippen LogP contribution is 2.12. The van der Waals surface area contributed by atoms with Crippen molar-refractivity contribution in [2.24, 2.45) is 5.92 Å². The van der Waals surface area contributed by atoms with Crippen LogP contribution in [0.3, 0.4) is 0 Å². The Balaban J connectivity index is 4.71. The van der Waals surface area contributed by atoms with Crippen LogP contribution in [0.2, 0.25) is 0 Å². The van der Waals surface area contributed by atoms with E-state index in [-0.39, 0.29) is 5.92 Å². The molecule has 0 spiro atoms. The summed E-state index contributed by atoms with van der Waals surface area (Å²) in [6, 6.07) is -0.774. The Bertz CT molecular complexity index is 393. The third-order valence-corrected chi connectivity index (χ3v) is 2.20. The maximum absolute atomic E-state index is 12.0. The van der Waals surface area contributed by atoms with Gasteiger partial charge in [0.1, 0.15) is 11.6 Å². The van der Waals surface area contributed by atoms with Crippen LogP contribution < -0.4 is 5.32 Å². The zero-order valence-electron chi connectivity index (χ0n) is 12.9. The molecule has 0 heterocycles. The minimum absolute atomic E-state index is 0.139. The molecule has 0 aliphatic carbocycles. The molecule has 0 aromatic heterocycles. The lowest BCUT2D eigenvalue weighted by Crippen LogP contribution is -2.46. The first kappa shape index (κ1) is 18.1. The lowest BCUT2D eigenvalue weighted by molar-refractivity contribution is -0.159. The average Bonchev–Trinajstić information content (AvgIpc) is 2.30. The Morgan fingerprint density at radius 3 is 2.05 bits per heavy atom. The van der Waals surface area contributed by atoms with Gasteiger partial charge in [-0.2, -0.15) is 0 Å². The summed E-state index contributed by atoms with van der Waals surface area (Å²) < 4.78 is 9.61. The number of rotatable bonds is 5. The monoisotopic (exact) mass is 285 g/mol. The summed E-state index contributed by atoms with van der Waals surface area (Å²) in [5.41, 5.74) is -0.628. The summed E-state index contributed by atoms with van der Waals surface area (Å²) in [7, 11) is 1.21. The Hall–Kier alpha value is -1.85. The van der Waals surface area contributed by atoms with E-state index in [1.165, 1.54) is 7.11 Å². The molecule has 0 aliphatic rings. The zero-order chi connectivity index (χ0) is 15.9. The molecular weight excluding hydrogens is 262 g/mol. The van der Waals surface area contributed by atoms with E-state index < -0.39 is 29.5 Å². The quantitative estimate of drug-likeness (QED) is 0.606. The summed E-state index contributed by atoms with van der Waals surface area (Å²) in [4.78, 5) is 34.5. The average molecular weight is 285 g/mol. The molecule has 0 aromatic carbocycles. The van der Waals surface area contributed by atoms with E-state index in [9.17, 15) is 14.4 Å². The second kappa shape index (κ2) is 7.67. The number of methoxy groups -OCH3 is 1. The summed E-state index contributed by atoms with van der Waals surface area (Å²) in [6.07, 6.45) is 2.01. The van der Waals surface area contributed by atoms with Crippen molar-refractivity contribution in [2.75, 3.05) is 7.11 Å². The van der Waals surface area contributed by atoms with Gasteiger partial charge in [-0.1, -0.05) is 13.8 Å². The fourth-order valence-corrected chi connectivity index (χ4v) is 1.28. The van der Waals surface area contributed by atoms with Crippen molar-refractivity contribution < 1.29 is 23.9 Å². The first-order chi connectivity index (χ1) is 9.06. The van der Waals surface area contributed by atoms with Crippen LogP contribution in [0, 0.1) is 5.92 Å². The van der Waals surface area contributed by atoms with Gasteiger partial charge in [0.2, 0.25) is 5.91 Å². The third kappa shape index (κ3) is 7.56. The summed E-state index contributed by atoms with van der Waals surface area (Å²) >= 11 is 0. The van der Waals surface area contributed by atoms with Gasteiger partial charge in [0, 0.05) is 12.2 Å². The van der Waals surface area contributed by atoms with Crippen LogP contribution in [-0.2, 0) is 23.9 Å². The molecule has 0 saturated carbocycles. The van der Waals surface area contributed by atoms with Crippen molar-refractivity contribution in [2.45, 2.75) is 46.3 Å². The SMILES string of the molecule is COC(=O)/C=C/C(=O)N[C@H](C(=O)OC(C)(C)C)C(C)C. The first-order valence-corrected chi connectivity index (χ1v) is 6.36. The number of hydrogen-bond donors (Lipinski definition) is 1. The van der Waals surface area contributed by atoms with Gasteiger partial charge >= 0.3 is 11.9 Å². The number of nitrogens with one attached hydrogen (secondary N) is 1. The lowest BCUT2D eigenvalue weighted by atomic mass is 10.0. The van der Waals surface area contributed by atoms with E-state index in [4.69, 9.17) is 4.74 Å². The largest absolute Gasteiger partial charge is 0.466 e. The van der Waals surface area contributed by atoms with Crippen LogP contribution >= 0.6 is 0 Å². The fourth-order valence-electron chi connectivity index (χ4n) is 1.28. The molecule has 0 radical (unpaired) electrons. The normalized spacial score (nSPS) is 13.2. The predicted molar refractivity (Wildman–Crippen MR) is 73.8 cm³/mol. The van der Waals surface area contributed by atoms with Gasteiger partial charge in [0.25, 0.3) is 0 Å². The van der Waals surface area contributed by atoms with E-state index in [1.807, 2.05) is 0 Å². The molecule has 0 rings (SSSR count). The van der Waals surface area contributed by atoms with Gasteiger partial charge in [-0.15, -0.1) is 0 Å². The van der Waals surface area contributed by atoms with Crippen molar-refractivity contribution in [3.05, 3.63) is 12.2 Å². The molecular formula is C14H23NO5. The molecule has 6 heteroatoms. The van der Waals surface area contributed by atoms with E-state index in [0.717, 1.165) is 12.2 Å². The molecule has 20 heavy (non-hydrogen) atoms. The number of carbonyl (C=O) groups excluding carboxylic acids is 3. The highest BCUT2D eigenvalue weighted by molar-refractivity contribution is 5.96. The van der Waals surface area contributed by atoms with Crippen LogP contribution in [0.15, 0.2) is 12.2 Å². The van der Waals surface area contributed by atoms with Crippen LogP contribution in [0.25, 0.3) is 0 Å². The van der Waals surface area contributed by atoms with Gasteiger partial charge in [0.05, 0.1) is 7.11 Å². The van der Waals surface area contributed by atoms with Gasteiger partial charge in [0.15, 0.2) is 0 Å². The van der Waals surface area contributed by atoms with Crippen molar-refractivity contribution in [1.82, 2.24) is 5.32 Å². The highest BCUT2D eigenvalue weighted by atomic mass is 16.6. The molecule has 1 amide bonds. The Kier molecular flexibility index (Phi) is 6.96. The molecule has 0 bridgehead atoms. The van der Waals surface area contributed by atoms with E-state index >= 15 is 0 Å². The number of ether oxygens (including phenoxy) is 2. The summed E-state index contributed by atoms with van der Waals surface area (Å²) in [5.74, 6) is -1.84. The number of amides is 1. The van der Waals surface area contributed by atoms with E-state index in [2.05, 4.69) is 10.1 Å². The van der Waals surface area contributed by atoms with Crippen LogP contribution in [0.5, 0.6) is 0 Å². The minimum Gasteiger partial charge on any atom is -0.466 e. The maximum atomic E-state index is 12.0. The maximum Gasteiger partial charge on any atom is 0.330 e. The molecule has 0 fully saturated rings. The van der Waals surface area contributed by atoms with Crippen molar-refractivity contribution >= 4 is 17.8 Å². The fraction of sp³-hybridized carbons (Fsp3) is 0.643. The third-order valence-electron chi connectivity index (χ3n) is 2.20. The second-order valence-corrected chi connectivity index (χ2v) is 5.62. The smallest absolute Gasteiger partial charge is 0.330 e. The van der Waals surface area contributed by atoms with Crippen molar-refractivity contribution in [3.8, 4) is 0 Å². The van der Waals surface area contributed by atoms with Crippen LogP contribution in [0.4, 0.5) is 0 Å². The molecule has 0 saturated heterocycles. The van der Waals surface area contributed by atoms with Crippen molar-refractivity contribution in [3.63, 3.8) is 0 Å². The first-order valence-electron chi connectivity index (χ1n) is 6.36. The van der Waals surface area contributed by atoms with Crippen LogP contribution in [0.1, 0.15) is 34.6 Å². The topological polar surface area (TPSA) is 81.7 Å². The lowest BCUT2D eigenvalue weighted by Gasteiger charge is -2.26. The second-order valence-electron chi connectivity index (χ2n) is 5.62. The molecule has 114 valence electrons. The van der Waals surface area contributed by atoms with Gasteiger partial charge in [-0.05, 0) is 26.7 Å². The number of carbonyl (C=O) groups is 3. The number of esters is 2. The van der Waals surface area contributed by atoms with E-state index in [0.29, 0.717) is 0 Å². The minimum atomic E-state index is -0.774. The standard InChI is InChI=1S/C14H23NO5/c1-9(2)12(13(18)20-14(3,4)5)15-10(16)7-8-11(17)19-6/h7-9,12H,1-6H3,(H,15,16)/b8-7+/t12-/m0/s1. The summed E-state index contributed by atoms with van der Waals surface area (Å²) in [6.45, 7) is 8.83. The molecule has 0 aromatic rings. The zero-order valence-corrected chi connectivity index (χ0v) is 12.9. The highest BCUT2D eigenvalue weighted by Gasteiger charge is 2.28. The molecule has 0 unspecified atom stereocenters. The van der Waals surface area contributed by atoms with E-state index in [1.54, 1.807) is 34.6 Å². The number of hydrogen-bond acceptors (Lipinski definition) is 5. The summed E-state index contributed by atoms with van der Waals surface area (Å²) in [5, 5.41) is 2.51. The van der Waals surface area contributed by atoms with Gasteiger partial charge < -0.3 is 14.8 Å². The van der Waals surface area contributed by atoms with Crippen molar-refractivity contribution in [1.29, 1.82) is 0 Å². The van der Waals surface area contributed by atoms with Gasteiger partial charge in [-0.25, -0.2) is 9.59 Å². The molecule has 6 nitrogen and oxygen atoms in total. The Morgan fingerprint density at radius 2 is 1.65 bits per heavy atom. The molecule has 0 aliphatic heterocycles.